The first-order valence-electron chi connectivity index (χ1n) is 9.72. The number of carbonyl (C=O) groups is 2. The van der Waals surface area contributed by atoms with Gasteiger partial charge in [0.1, 0.15) is 29.3 Å². The fraction of sp³-hybridized carbons (Fsp3) is 0.391. The summed E-state index contributed by atoms with van der Waals surface area (Å²) in [5.41, 5.74) is -0.0358. The van der Waals surface area contributed by atoms with Crippen molar-refractivity contribution in [2.75, 3.05) is 0 Å². The van der Waals surface area contributed by atoms with E-state index in [0.717, 1.165) is 0 Å². The zero-order valence-electron chi connectivity index (χ0n) is 17.8. The van der Waals surface area contributed by atoms with Crippen molar-refractivity contribution in [1.29, 1.82) is 0 Å². The Morgan fingerprint density at radius 1 is 0.967 bits per heavy atom. The molecule has 0 radical (unpaired) electrons. The molecule has 162 valence electrons. The number of nitrogens with one attached hydrogen (secondary N) is 1. The minimum absolute atomic E-state index is 0.378. The molecule has 0 aliphatic rings. The fourth-order valence-electron chi connectivity index (χ4n) is 2.62. The number of hydrogen-bond donors (Lipinski definition) is 1. The molecule has 30 heavy (non-hydrogen) atoms. The van der Waals surface area contributed by atoms with Gasteiger partial charge in [0.2, 0.25) is 0 Å². The summed E-state index contributed by atoms with van der Waals surface area (Å²) in [7, 11) is 0. The number of amides is 1. The number of carbonyl (C=O) groups excluding carboxylic acids is 2. The van der Waals surface area contributed by atoms with Gasteiger partial charge in [0.05, 0.1) is 0 Å². The molecule has 0 saturated heterocycles. The Balaban J connectivity index is 2.09. The third-order valence-electron chi connectivity index (χ3n) is 4.02. The quantitative estimate of drug-likeness (QED) is 0.656. The van der Waals surface area contributed by atoms with Crippen molar-refractivity contribution >= 4 is 12.1 Å². The summed E-state index contributed by atoms with van der Waals surface area (Å²) in [5.74, 6) is -0.441. The molecule has 0 bridgehead atoms. The molecule has 6 nitrogen and oxygen atoms in total. The molecule has 1 N–H and O–H groups in total. The molecule has 2 aromatic rings. The summed E-state index contributed by atoms with van der Waals surface area (Å²) in [6.45, 7) is 8.36. The standard InChI is InChI=1S/C23H28FNO5/c1-15(25-22(27)30-23(3,4)5)21(26)28-16(2)20(17-11-13-18(24)14-12-17)29-19-9-7-6-8-10-19/h6-16,20H,1-5H3,(H,25,27)/t15-,16?,20?/m0/s1. The van der Waals surface area contributed by atoms with E-state index in [1.165, 1.54) is 19.1 Å². The van der Waals surface area contributed by atoms with Crippen LogP contribution in [-0.4, -0.2) is 29.8 Å². The highest BCUT2D eigenvalue weighted by molar-refractivity contribution is 5.81. The van der Waals surface area contributed by atoms with Gasteiger partial charge in [-0.1, -0.05) is 30.3 Å². The fourth-order valence-corrected chi connectivity index (χ4v) is 2.62. The van der Waals surface area contributed by atoms with E-state index in [1.807, 2.05) is 18.2 Å². The van der Waals surface area contributed by atoms with Crippen LogP contribution < -0.4 is 10.1 Å². The highest BCUT2D eigenvalue weighted by atomic mass is 19.1. The summed E-state index contributed by atoms with van der Waals surface area (Å²) < 4.78 is 30.1. The maximum Gasteiger partial charge on any atom is 0.408 e. The van der Waals surface area contributed by atoms with E-state index in [0.29, 0.717) is 11.3 Å². The summed E-state index contributed by atoms with van der Waals surface area (Å²) in [6.07, 6.45) is -2.10. The van der Waals surface area contributed by atoms with Gasteiger partial charge >= 0.3 is 12.1 Å². The van der Waals surface area contributed by atoms with E-state index < -0.39 is 35.9 Å². The smallest absolute Gasteiger partial charge is 0.408 e. The Bertz CT molecular complexity index is 833. The van der Waals surface area contributed by atoms with E-state index in [1.54, 1.807) is 52.0 Å². The Morgan fingerprint density at radius 2 is 1.57 bits per heavy atom. The summed E-state index contributed by atoms with van der Waals surface area (Å²) >= 11 is 0. The van der Waals surface area contributed by atoms with Crippen molar-refractivity contribution in [3.05, 3.63) is 66.0 Å². The van der Waals surface area contributed by atoms with Crippen LogP contribution in [0, 0.1) is 5.82 Å². The number of benzene rings is 2. The third-order valence-corrected chi connectivity index (χ3v) is 4.02. The lowest BCUT2D eigenvalue weighted by molar-refractivity contribution is -0.155. The third kappa shape index (κ3) is 7.39. The lowest BCUT2D eigenvalue weighted by Gasteiger charge is -2.27. The molecule has 3 atom stereocenters. The van der Waals surface area contributed by atoms with Crippen LogP contribution in [0.25, 0.3) is 0 Å². The zero-order valence-corrected chi connectivity index (χ0v) is 17.8. The second kappa shape index (κ2) is 10.1. The van der Waals surface area contributed by atoms with E-state index >= 15 is 0 Å². The molecule has 1 amide bonds. The molecule has 0 fully saturated rings. The Labute approximate surface area is 176 Å². The van der Waals surface area contributed by atoms with Gasteiger partial charge in [-0.15, -0.1) is 0 Å². The molecular weight excluding hydrogens is 389 g/mol. The monoisotopic (exact) mass is 417 g/mol. The van der Waals surface area contributed by atoms with Crippen molar-refractivity contribution in [3.8, 4) is 5.75 Å². The average molecular weight is 417 g/mol. The molecule has 7 heteroatoms. The summed E-state index contributed by atoms with van der Waals surface area (Å²) in [4.78, 5) is 24.4. The van der Waals surface area contributed by atoms with Crippen molar-refractivity contribution in [2.45, 2.75) is 58.5 Å². The van der Waals surface area contributed by atoms with Crippen LogP contribution in [0.15, 0.2) is 54.6 Å². The predicted octanol–water partition coefficient (Wildman–Crippen LogP) is 4.79. The van der Waals surface area contributed by atoms with Crippen LogP contribution in [0.5, 0.6) is 5.75 Å². The van der Waals surface area contributed by atoms with Crippen LogP contribution in [-0.2, 0) is 14.3 Å². The molecule has 0 aliphatic carbocycles. The first kappa shape index (κ1) is 23.2. The minimum atomic E-state index is -0.923. The van der Waals surface area contributed by atoms with Gasteiger partial charge in [0.25, 0.3) is 0 Å². The first-order chi connectivity index (χ1) is 14.0. The molecule has 2 aromatic carbocycles. The highest BCUT2D eigenvalue weighted by Crippen LogP contribution is 2.27. The van der Waals surface area contributed by atoms with E-state index in [9.17, 15) is 14.0 Å². The van der Waals surface area contributed by atoms with Crippen LogP contribution in [0.1, 0.15) is 46.3 Å². The molecular formula is C23H28FNO5. The highest BCUT2D eigenvalue weighted by Gasteiger charge is 2.28. The average Bonchev–Trinajstić information content (AvgIpc) is 2.66. The van der Waals surface area contributed by atoms with Crippen molar-refractivity contribution < 1.29 is 28.2 Å². The van der Waals surface area contributed by atoms with Crippen molar-refractivity contribution in [3.63, 3.8) is 0 Å². The predicted molar refractivity (Wildman–Crippen MR) is 111 cm³/mol. The number of hydrogen-bond acceptors (Lipinski definition) is 5. The van der Waals surface area contributed by atoms with E-state index in [4.69, 9.17) is 14.2 Å². The molecule has 0 aromatic heterocycles. The van der Waals surface area contributed by atoms with Crippen LogP contribution >= 0.6 is 0 Å². The van der Waals surface area contributed by atoms with Crippen LogP contribution in [0.2, 0.25) is 0 Å². The van der Waals surface area contributed by atoms with Crippen LogP contribution in [0.4, 0.5) is 9.18 Å². The largest absolute Gasteiger partial charge is 0.482 e. The Kier molecular flexibility index (Phi) is 7.80. The topological polar surface area (TPSA) is 73.9 Å². The lowest BCUT2D eigenvalue weighted by Crippen LogP contribution is -2.43. The maximum absolute atomic E-state index is 13.4. The summed E-state index contributed by atoms with van der Waals surface area (Å²) in [5, 5.41) is 2.45. The summed E-state index contributed by atoms with van der Waals surface area (Å²) in [6, 6.07) is 13.9. The SMILES string of the molecule is CC(OC(=O)[C@H](C)NC(=O)OC(C)(C)C)C(Oc1ccccc1)c1ccc(F)cc1. The van der Waals surface area contributed by atoms with Gasteiger partial charge in [-0.25, -0.2) is 14.0 Å². The van der Waals surface area contributed by atoms with Crippen molar-refractivity contribution in [2.24, 2.45) is 0 Å². The molecule has 0 aliphatic heterocycles. The number of para-hydroxylation sites is 1. The molecule has 2 rings (SSSR count). The van der Waals surface area contributed by atoms with Gasteiger partial charge < -0.3 is 19.5 Å². The Hall–Kier alpha value is -3.09. The van der Waals surface area contributed by atoms with Crippen LogP contribution in [0.3, 0.4) is 0 Å². The lowest BCUT2D eigenvalue weighted by atomic mass is 10.0. The van der Waals surface area contributed by atoms with E-state index in [2.05, 4.69) is 5.32 Å². The number of alkyl carbamates (subject to hydrolysis) is 1. The molecule has 2 unspecified atom stereocenters. The maximum atomic E-state index is 13.4. The molecule has 0 saturated carbocycles. The molecule has 0 heterocycles. The van der Waals surface area contributed by atoms with Gasteiger partial charge in [-0.05, 0) is 64.4 Å². The van der Waals surface area contributed by atoms with Gasteiger partial charge in [-0.3, -0.25) is 0 Å². The molecule has 0 spiro atoms. The minimum Gasteiger partial charge on any atom is -0.482 e. The normalized spacial score (nSPS) is 14.2. The second-order valence-electron chi connectivity index (χ2n) is 7.91. The van der Waals surface area contributed by atoms with E-state index in [-0.39, 0.29) is 5.82 Å². The van der Waals surface area contributed by atoms with Gasteiger partial charge in [-0.2, -0.15) is 0 Å². The van der Waals surface area contributed by atoms with Crippen molar-refractivity contribution in [1.82, 2.24) is 5.32 Å². The zero-order chi connectivity index (χ0) is 22.3. The number of esters is 1. The van der Waals surface area contributed by atoms with Gasteiger partial charge in [0.15, 0.2) is 6.10 Å². The van der Waals surface area contributed by atoms with Gasteiger partial charge in [0, 0.05) is 0 Å². The number of rotatable bonds is 7. The second-order valence-corrected chi connectivity index (χ2v) is 7.91. The number of halogens is 1. The number of ether oxygens (including phenoxy) is 3. The Morgan fingerprint density at radius 3 is 2.13 bits per heavy atom. The first-order valence-corrected chi connectivity index (χ1v) is 9.72.